The largest absolute Gasteiger partial charge is 0.352 e. The van der Waals surface area contributed by atoms with Crippen LogP contribution in [0.4, 0.5) is 0 Å². The van der Waals surface area contributed by atoms with E-state index in [4.69, 9.17) is 0 Å². The summed E-state index contributed by atoms with van der Waals surface area (Å²) >= 11 is 0. The number of carbonyl (C=O) groups is 2. The van der Waals surface area contributed by atoms with Crippen LogP contribution >= 0.6 is 0 Å². The molecule has 1 fully saturated rings. The molecule has 182 valence electrons. The van der Waals surface area contributed by atoms with Gasteiger partial charge in [0.15, 0.2) is 0 Å². The Labute approximate surface area is 208 Å². The predicted octanol–water partition coefficient (Wildman–Crippen LogP) is 4.97. The number of nitrogens with zero attached hydrogens (tertiary/aromatic N) is 2. The fourth-order valence-corrected chi connectivity index (χ4v) is 4.50. The molecule has 0 saturated carbocycles. The molecule has 3 aromatic rings. The van der Waals surface area contributed by atoms with Crippen molar-refractivity contribution < 1.29 is 9.59 Å². The maximum atomic E-state index is 13.0. The van der Waals surface area contributed by atoms with Crippen LogP contribution in [0.3, 0.4) is 0 Å². The quantitative estimate of drug-likeness (QED) is 0.507. The van der Waals surface area contributed by atoms with Crippen LogP contribution in [-0.2, 0) is 17.9 Å². The van der Waals surface area contributed by atoms with Crippen LogP contribution < -0.4 is 5.32 Å². The van der Waals surface area contributed by atoms with Gasteiger partial charge in [0.2, 0.25) is 5.91 Å². The van der Waals surface area contributed by atoms with Crippen molar-refractivity contribution >= 4 is 11.8 Å². The molecule has 0 spiro atoms. The van der Waals surface area contributed by atoms with Gasteiger partial charge in [0, 0.05) is 51.3 Å². The van der Waals surface area contributed by atoms with Gasteiger partial charge in [0.25, 0.3) is 5.91 Å². The number of hydrogen-bond acceptors (Lipinski definition) is 3. The molecule has 0 bridgehead atoms. The third kappa shape index (κ3) is 6.80. The number of hydrogen-bond donors (Lipinski definition) is 1. The fraction of sp³-hybridized carbons (Fsp3) is 0.333. The van der Waals surface area contributed by atoms with Gasteiger partial charge in [-0.3, -0.25) is 14.5 Å². The molecule has 0 aliphatic carbocycles. The van der Waals surface area contributed by atoms with E-state index in [2.05, 4.69) is 58.7 Å². The van der Waals surface area contributed by atoms with Gasteiger partial charge in [0.1, 0.15) is 0 Å². The van der Waals surface area contributed by atoms with Crippen LogP contribution in [0, 0.1) is 5.92 Å². The number of benzene rings is 3. The van der Waals surface area contributed by atoms with Crippen LogP contribution in [0.15, 0.2) is 78.9 Å². The third-order valence-corrected chi connectivity index (χ3v) is 6.44. The summed E-state index contributed by atoms with van der Waals surface area (Å²) in [7, 11) is 0. The molecule has 0 unspecified atom stereocenters. The normalized spacial score (nSPS) is 14.2. The SMILES string of the molecule is CC(C)CC(=O)NCc1ccc(C(=O)N2CCN(Cc3ccccc3-c3ccccc3)CC2)cc1. The van der Waals surface area contributed by atoms with Gasteiger partial charge in [-0.2, -0.15) is 0 Å². The van der Waals surface area contributed by atoms with Gasteiger partial charge >= 0.3 is 0 Å². The highest BCUT2D eigenvalue weighted by Crippen LogP contribution is 2.25. The summed E-state index contributed by atoms with van der Waals surface area (Å²) in [5.41, 5.74) is 5.52. The zero-order valence-corrected chi connectivity index (χ0v) is 20.7. The van der Waals surface area contributed by atoms with Crippen LogP contribution in [0.2, 0.25) is 0 Å². The van der Waals surface area contributed by atoms with Gasteiger partial charge in [-0.25, -0.2) is 0 Å². The summed E-state index contributed by atoms with van der Waals surface area (Å²) in [6, 6.07) is 26.7. The van der Waals surface area contributed by atoms with Gasteiger partial charge in [-0.05, 0) is 40.3 Å². The number of carbonyl (C=O) groups excluding carboxylic acids is 2. The maximum Gasteiger partial charge on any atom is 0.253 e. The molecule has 35 heavy (non-hydrogen) atoms. The second-order valence-corrected chi connectivity index (χ2v) is 9.66. The zero-order valence-electron chi connectivity index (χ0n) is 20.7. The van der Waals surface area contributed by atoms with Crippen molar-refractivity contribution in [3.8, 4) is 11.1 Å². The monoisotopic (exact) mass is 469 g/mol. The minimum Gasteiger partial charge on any atom is -0.352 e. The van der Waals surface area contributed by atoms with Crippen LogP contribution in [-0.4, -0.2) is 47.8 Å². The lowest BCUT2D eigenvalue weighted by molar-refractivity contribution is -0.121. The molecule has 1 saturated heterocycles. The first kappa shape index (κ1) is 24.7. The molecular formula is C30H35N3O2. The van der Waals surface area contributed by atoms with E-state index in [-0.39, 0.29) is 11.8 Å². The molecule has 5 heteroatoms. The molecule has 0 radical (unpaired) electrons. The Hall–Kier alpha value is -3.44. The first-order chi connectivity index (χ1) is 17.0. The van der Waals surface area contributed by atoms with Crippen molar-refractivity contribution in [3.05, 3.63) is 95.6 Å². The second kappa shape index (κ2) is 11.8. The molecule has 1 N–H and O–H groups in total. The van der Waals surface area contributed by atoms with Crippen molar-refractivity contribution in [2.45, 2.75) is 33.4 Å². The molecule has 2 amide bonds. The van der Waals surface area contributed by atoms with Crippen LogP contribution in [0.5, 0.6) is 0 Å². The van der Waals surface area contributed by atoms with Crippen molar-refractivity contribution in [3.63, 3.8) is 0 Å². The predicted molar refractivity (Wildman–Crippen MR) is 141 cm³/mol. The van der Waals surface area contributed by atoms with E-state index in [1.807, 2.05) is 49.1 Å². The summed E-state index contributed by atoms with van der Waals surface area (Å²) in [4.78, 5) is 29.3. The average molecular weight is 470 g/mol. The van der Waals surface area contributed by atoms with E-state index < -0.39 is 0 Å². The summed E-state index contributed by atoms with van der Waals surface area (Å²) in [6.45, 7) is 8.59. The Bertz CT molecular complexity index is 1120. The first-order valence-electron chi connectivity index (χ1n) is 12.5. The lowest BCUT2D eigenvalue weighted by Crippen LogP contribution is -2.48. The summed E-state index contributed by atoms with van der Waals surface area (Å²) in [5, 5.41) is 2.94. The molecule has 1 aliphatic heterocycles. The lowest BCUT2D eigenvalue weighted by atomic mass is 9.99. The molecule has 0 atom stereocenters. The maximum absolute atomic E-state index is 13.0. The molecule has 0 aromatic heterocycles. The Balaban J connectivity index is 1.29. The smallest absolute Gasteiger partial charge is 0.253 e. The highest BCUT2D eigenvalue weighted by molar-refractivity contribution is 5.94. The van der Waals surface area contributed by atoms with Crippen molar-refractivity contribution in [1.29, 1.82) is 0 Å². The first-order valence-corrected chi connectivity index (χ1v) is 12.5. The second-order valence-electron chi connectivity index (χ2n) is 9.66. The van der Waals surface area contributed by atoms with Crippen molar-refractivity contribution in [2.75, 3.05) is 26.2 Å². The van der Waals surface area contributed by atoms with Gasteiger partial charge in [-0.15, -0.1) is 0 Å². The van der Waals surface area contributed by atoms with E-state index in [0.29, 0.717) is 24.4 Å². The van der Waals surface area contributed by atoms with Crippen molar-refractivity contribution in [1.82, 2.24) is 15.1 Å². The molecular weight excluding hydrogens is 434 g/mol. The number of rotatable bonds is 8. The number of nitrogens with one attached hydrogen (secondary N) is 1. The van der Waals surface area contributed by atoms with Gasteiger partial charge in [0.05, 0.1) is 0 Å². The molecule has 3 aromatic carbocycles. The Morgan fingerprint density at radius 1 is 0.829 bits per heavy atom. The molecule has 5 nitrogen and oxygen atoms in total. The van der Waals surface area contributed by atoms with E-state index in [1.54, 1.807) is 0 Å². The molecule has 4 rings (SSSR count). The van der Waals surface area contributed by atoms with Crippen LogP contribution in [0.25, 0.3) is 11.1 Å². The summed E-state index contributed by atoms with van der Waals surface area (Å²) in [6.07, 6.45) is 0.528. The molecule has 1 heterocycles. The standard InChI is InChI=1S/C30H35N3O2/c1-23(2)20-29(34)31-21-24-12-14-26(15-13-24)30(35)33-18-16-32(17-19-33)22-27-10-6-7-11-28(27)25-8-4-3-5-9-25/h3-15,23H,16-22H2,1-2H3,(H,31,34). The van der Waals surface area contributed by atoms with Crippen LogP contribution in [0.1, 0.15) is 41.8 Å². The van der Waals surface area contributed by atoms with E-state index >= 15 is 0 Å². The average Bonchev–Trinajstić information content (AvgIpc) is 2.88. The number of amides is 2. The highest BCUT2D eigenvalue weighted by atomic mass is 16.2. The fourth-order valence-electron chi connectivity index (χ4n) is 4.50. The van der Waals surface area contributed by atoms with Crippen molar-refractivity contribution in [2.24, 2.45) is 5.92 Å². The highest BCUT2D eigenvalue weighted by Gasteiger charge is 2.22. The summed E-state index contributed by atoms with van der Waals surface area (Å²) < 4.78 is 0. The summed E-state index contributed by atoms with van der Waals surface area (Å²) in [5.74, 6) is 0.475. The Morgan fingerprint density at radius 2 is 1.49 bits per heavy atom. The zero-order chi connectivity index (χ0) is 24.6. The molecule has 1 aliphatic rings. The van der Waals surface area contributed by atoms with E-state index in [0.717, 1.165) is 38.3 Å². The minimum absolute atomic E-state index is 0.0596. The Morgan fingerprint density at radius 3 is 2.17 bits per heavy atom. The van der Waals surface area contributed by atoms with E-state index in [1.165, 1.54) is 16.7 Å². The lowest BCUT2D eigenvalue weighted by Gasteiger charge is -2.35. The van der Waals surface area contributed by atoms with E-state index in [9.17, 15) is 9.59 Å². The minimum atomic E-state index is 0.0596. The number of piperazine rings is 1. The van der Waals surface area contributed by atoms with Gasteiger partial charge < -0.3 is 10.2 Å². The van der Waals surface area contributed by atoms with Gasteiger partial charge in [-0.1, -0.05) is 80.6 Å². The third-order valence-electron chi connectivity index (χ3n) is 6.44. The Kier molecular flexibility index (Phi) is 8.32. The topological polar surface area (TPSA) is 52.7 Å².